The van der Waals surface area contributed by atoms with Crippen LogP contribution in [0.25, 0.3) is 0 Å². The van der Waals surface area contributed by atoms with Crippen LogP contribution in [0.4, 0.5) is 0 Å². The summed E-state index contributed by atoms with van der Waals surface area (Å²) in [4.78, 5) is 15.8. The van der Waals surface area contributed by atoms with Gasteiger partial charge in [0, 0.05) is 24.1 Å². The van der Waals surface area contributed by atoms with Crippen molar-refractivity contribution < 1.29 is 14.6 Å². The van der Waals surface area contributed by atoms with Gasteiger partial charge in [0.15, 0.2) is 0 Å². The van der Waals surface area contributed by atoms with E-state index in [1.165, 1.54) is 22.3 Å². The van der Waals surface area contributed by atoms with Crippen LogP contribution in [0.2, 0.25) is 0 Å². The summed E-state index contributed by atoms with van der Waals surface area (Å²) < 4.78 is 6.07. The first-order valence-electron chi connectivity index (χ1n) is 11.4. The number of carboxylic acids is 1. The summed E-state index contributed by atoms with van der Waals surface area (Å²) in [5, 5.41) is 9.29. The number of carbonyl (C=O) groups is 1. The molecule has 0 spiro atoms. The maximum atomic E-state index is 11.3. The molecule has 3 aliphatic carbocycles. The Morgan fingerprint density at radius 1 is 1.12 bits per heavy atom. The van der Waals surface area contributed by atoms with Gasteiger partial charge < -0.3 is 9.84 Å². The fourth-order valence-electron chi connectivity index (χ4n) is 6.16. The Labute approximate surface area is 188 Å². The van der Waals surface area contributed by atoms with Crippen molar-refractivity contribution in [1.82, 2.24) is 4.98 Å². The zero-order chi connectivity index (χ0) is 22.0. The van der Waals surface area contributed by atoms with Crippen LogP contribution in [0.3, 0.4) is 0 Å². The van der Waals surface area contributed by atoms with Crippen molar-refractivity contribution in [2.75, 3.05) is 0 Å². The second kappa shape index (κ2) is 6.93. The van der Waals surface area contributed by atoms with E-state index in [9.17, 15) is 9.90 Å². The molecule has 1 saturated carbocycles. The van der Waals surface area contributed by atoms with Crippen LogP contribution >= 0.6 is 0 Å². The second-order valence-corrected chi connectivity index (χ2v) is 10.2. The third-order valence-corrected chi connectivity index (χ3v) is 7.79. The van der Waals surface area contributed by atoms with Crippen molar-refractivity contribution in [3.63, 3.8) is 0 Å². The van der Waals surface area contributed by atoms with E-state index < -0.39 is 5.97 Å². The van der Waals surface area contributed by atoms with E-state index in [2.05, 4.69) is 67.4 Å². The van der Waals surface area contributed by atoms with Crippen molar-refractivity contribution in [2.45, 2.75) is 50.5 Å². The predicted octanol–water partition coefficient (Wildman–Crippen LogP) is 5.44. The minimum Gasteiger partial charge on any atom is -0.481 e. The summed E-state index contributed by atoms with van der Waals surface area (Å²) in [6.07, 6.45) is 3.76. The van der Waals surface area contributed by atoms with Gasteiger partial charge in [-0.25, -0.2) is 4.98 Å². The molecule has 0 bridgehead atoms. The Morgan fingerprint density at radius 2 is 1.94 bits per heavy atom. The quantitative estimate of drug-likeness (QED) is 0.591. The Morgan fingerprint density at radius 3 is 2.72 bits per heavy atom. The molecule has 3 aromatic rings. The maximum Gasteiger partial charge on any atom is 0.307 e. The summed E-state index contributed by atoms with van der Waals surface area (Å²) in [7, 11) is 0. The van der Waals surface area contributed by atoms with E-state index in [-0.39, 0.29) is 23.2 Å². The Hall–Kier alpha value is -3.14. The number of benzene rings is 2. The van der Waals surface area contributed by atoms with Crippen molar-refractivity contribution >= 4 is 5.97 Å². The number of hydrogen-bond acceptors (Lipinski definition) is 3. The van der Waals surface area contributed by atoms with Crippen LogP contribution in [0.1, 0.15) is 65.5 Å². The van der Waals surface area contributed by atoms with E-state index in [1.54, 1.807) is 0 Å². The molecule has 4 heteroatoms. The summed E-state index contributed by atoms with van der Waals surface area (Å²) in [5.74, 6) is 0.531. The highest BCUT2D eigenvalue weighted by atomic mass is 16.5. The molecular weight excluding hydrogens is 398 g/mol. The lowest BCUT2D eigenvalue weighted by Gasteiger charge is -2.19. The van der Waals surface area contributed by atoms with Gasteiger partial charge in [-0.2, -0.15) is 0 Å². The van der Waals surface area contributed by atoms with E-state index in [0.717, 1.165) is 24.0 Å². The molecule has 1 aromatic heterocycles. The third-order valence-electron chi connectivity index (χ3n) is 7.79. The topological polar surface area (TPSA) is 59.4 Å². The van der Waals surface area contributed by atoms with Crippen LogP contribution in [0, 0.1) is 11.8 Å². The van der Waals surface area contributed by atoms with Crippen molar-refractivity contribution in [2.24, 2.45) is 11.8 Å². The van der Waals surface area contributed by atoms with Crippen molar-refractivity contribution in [3.8, 4) is 5.88 Å². The summed E-state index contributed by atoms with van der Waals surface area (Å²) >= 11 is 0. The number of rotatable bonds is 5. The van der Waals surface area contributed by atoms with E-state index in [0.29, 0.717) is 18.4 Å². The standard InChI is InChI=1S/C28H27NO3/c1-28(2)13-21(17-6-4-3-5-7-17)19-10-16(8-9-23(19)28)15-32-24-12-18-11-20-25(22(18)14-29-24)26(20)27(30)31/h3-10,12,14,20-21,25-26H,11,13,15H2,1-2H3,(H,30,31)/t20-,21?,25-,26+/m1/s1. The van der Waals surface area contributed by atoms with Crippen LogP contribution in [-0.4, -0.2) is 16.1 Å². The molecule has 1 fully saturated rings. The average molecular weight is 426 g/mol. The van der Waals surface area contributed by atoms with Gasteiger partial charge in [0.1, 0.15) is 6.61 Å². The van der Waals surface area contributed by atoms with Crippen LogP contribution in [0.5, 0.6) is 5.88 Å². The molecule has 162 valence electrons. The van der Waals surface area contributed by atoms with Crippen molar-refractivity contribution in [1.29, 1.82) is 0 Å². The van der Waals surface area contributed by atoms with E-state index in [4.69, 9.17) is 4.74 Å². The minimum atomic E-state index is -0.681. The van der Waals surface area contributed by atoms with Gasteiger partial charge in [0.2, 0.25) is 5.88 Å². The Kier molecular flexibility index (Phi) is 4.23. The van der Waals surface area contributed by atoms with Crippen LogP contribution < -0.4 is 4.74 Å². The lowest BCUT2D eigenvalue weighted by molar-refractivity contribution is -0.139. The molecule has 0 radical (unpaired) electrons. The Bertz CT molecular complexity index is 1220. The van der Waals surface area contributed by atoms with E-state index >= 15 is 0 Å². The van der Waals surface area contributed by atoms with Gasteiger partial charge in [0.25, 0.3) is 0 Å². The molecular formula is C28H27NO3. The highest BCUT2D eigenvalue weighted by molar-refractivity contribution is 5.77. The van der Waals surface area contributed by atoms with Gasteiger partial charge in [-0.15, -0.1) is 0 Å². The number of fused-ring (bicyclic) bond motifs is 4. The number of aliphatic carboxylic acids is 1. The normalized spacial score (nSPS) is 26.2. The average Bonchev–Trinajstić information content (AvgIpc) is 3.28. The zero-order valence-corrected chi connectivity index (χ0v) is 18.4. The van der Waals surface area contributed by atoms with Crippen LogP contribution in [0.15, 0.2) is 60.8 Å². The van der Waals surface area contributed by atoms with Gasteiger partial charge in [-0.1, -0.05) is 62.4 Å². The smallest absolute Gasteiger partial charge is 0.307 e. The largest absolute Gasteiger partial charge is 0.481 e. The Balaban J connectivity index is 1.21. The highest BCUT2D eigenvalue weighted by Gasteiger charge is 2.59. The van der Waals surface area contributed by atoms with E-state index in [1.807, 2.05) is 12.3 Å². The summed E-state index contributed by atoms with van der Waals surface area (Å²) in [6.45, 7) is 5.14. The summed E-state index contributed by atoms with van der Waals surface area (Å²) in [5.41, 5.74) is 7.81. The van der Waals surface area contributed by atoms with Gasteiger partial charge in [-0.05, 0) is 57.6 Å². The van der Waals surface area contributed by atoms with Gasteiger partial charge in [0.05, 0.1) is 5.92 Å². The number of aromatic nitrogens is 1. The molecule has 3 aliphatic rings. The fraction of sp³-hybridized carbons (Fsp3) is 0.357. The molecule has 32 heavy (non-hydrogen) atoms. The molecule has 4 atom stereocenters. The lowest BCUT2D eigenvalue weighted by atomic mass is 9.85. The predicted molar refractivity (Wildman–Crippen MR) is 122 cm³/mol. The molecule has 0 aliphatic heterocycles. The highest BCUT2D eigenvalue weighted by Crippen LogP contribution is 2.61. The van der Waals surface area contributed by atoms with Crippen molar-refractivity contribution in [3.05, 3.63) is 94.2 Å². The molecule has 6 rings (SSSR count). The van der Waals surface area contributed by atoms with Crippen LogP contribution in [-0.2, 0) is 23.2 Å². The number of nitrogens with zero attached hydrogens (tertiary/aromatic N) is 1. The number of carboxylic acid groups (broad SMARTS) is 1. The molecule has 2 aromatic carbocycles. The van der Waals surface area contributed by atoms with Gasteiger partial charge in [-0.3, -0.25) is 4.79 Å². The lowest BCUT2D eigenvalue weighted by Crippen LogP contribution is -2.12. The third kappa shape index (κ3) is 3.04. The zero-order valence-electron chi connectivity index (χ0n) is 18.4. The molecule has 0 saturated heterocycles. The second-order valence-electron chi connectivity index (χ2n) is 10.2. The molecule has 0 amide bonds. The number of ether oxygens (including phenoxy) is 1. The summed E-state index contributed by atoms with van der Waals surface area (Å²) in [6, 6.07) is 19.5. The van der Waals surface area contributed by atoms with Gasteiger partial charge >= 0.3 is 5.97 Å². The minimum absolute atomic E-state index is 0.152. The monoisotopic (exact) mass is 425 g/mol. The first kappa shape index (κ1) is 19.5. The SMILES string of the molecule is CC1(C)CC(c2ccccc2)c2cc(COc3cc4c(cn3)[C@H]3[C@@H](C4)[C@@H]3C(=O)O)ccc21. The fourth-order valence-corrected chi connectivity index (χ4v) is 6.16. The number of hydrogen-bond donors (Lipinski definition) is 1. The molecule has 1 unspecified atom stereocenters. The molecule has 1 heterocycles. The molecule has 4 nitrogen and oxygen atoms in total. The number of pyridine rings is 1. The maximum absolute atomic E-state index is 11.3. The molecule has 1 N–H and O–H groups in total. The first-order chi connectivity index (χ1) is 15.4. The first-order valence-corrected chi connectivity index (χ1v) is 11.4.